The monoisotopic (exact) mass is 567 g/mol. The van der Waals surface area contributed by atoms with Crippen molar-refractivity contribution in [2.75, 3.05) is 0 Å². The quantitative estimate of drug-likeness (QED) is 0.206. The first kappa shape index (κ1) is 25.7. The number of aliphatic hydroxyl groups excluding tert-OH is 1. The molecule has 0 atom stereocenters. The molecule has 1 heterocycles. The number of aromatic nitrogens is 1. The summed E-state index contributed by atoms with van der Waals surface area (Å²) in [5.41, 5.74) is 4.36. The molecule has 0 fully saturated rings. The van der Waals surface area contributed by atoms with Crippen LogP contribution in [0.4, 0.5) is 0 Å². The van der Waals surface area contributed by atoms with Crippen LogP contribution >= 0.6 is 46.6 Å². The van der Waals surface area contributed by atoms with E-state index in [1.54, 1.807) is 34.9 Å². The van der Waals surface area contributed by atoms with Gasteiger partial charge in [0.2, 0.25) is 0 Å². The van der Waals surface area contributed by atoms with Crippen molar-refractivity contribution >= 4 is 63.4 Å². The van der Waals surface area contributed by atoms with Gasteiger partial charge in [-0.3, -0.25) is 0 Å². The van der Waals surface area contributed by atoms with Crippen LogP contribution < -0.4 is 0 Å². The first-order valence-corrected chi connectivity index (χ1v) is 13.3. The predicted octanol–water partition coefficient (Wildman–Crippen LogP) is 8.66. The molecule has 4 nitrogen and oxygen atoms in total. The van der Waals surface area contributed by atoms with Gasteiger partial charge in [-0.05, 0) is 64.7 Å². The number of carbonyl (C=O) groups is 1. The second kappa shape index (κ2) is 10.8. The van der Waals surface area contributed by atoms with Gasteiger partial charge in [-0.15, -0.1) is 0 Å². The summed E-state index contributed by atoms with van der Waals surface area (Å²) >= 11 is 20.3. The molecule has 5 rings (SSSR count). The van der Waals surface area contributed by atoms with Gasteiger partial charge in [0.1, 0.15) is 5.69 Å². The SMILES string of the molecule is O=C(O)c1cc2c(Sc3ccc(Cl)cc3Cl)cc(Cl)cc2n1Cc1ccc(-c2ccccc2)cc1CO. The van der Waals surface area contributed by atoms with E-state index in [0.717, 1.165) is 37.4 Å². The molecule has 2 N–H and O–H groups in total. The lowest BCUT2D eigenvalue weighted by molar-refractivity contribution is 0.0686. The van der Waals surface area contributed by atoms with Crippen LogP contribution in [0, 0.1) is 0 Å². The van der Waals surface area contributed by atoms with Gasteiger partial charge in [-0.25, -0.2) is 4.79 Å². The van der Waals surface area contributed by atoms with Crippen molar-refractivity contribution in [3.05, 3.63) is 117 Å². The summed E-state index contributed by atoms with van der Waals surface area (Å²) in [5, 5.41) is 22.4. The smallest absolute Gasteiger partial charge is 0.352 e. The van der Waals surface area contributed by atoms with E-state index in [9.17, 15) is 15.0 Å². The molecule has 0 amide bonds. The zero-order chi connectivity index (χ0) is 26.1. The van der Waals surface area contributed by atoms with E-state index in [1.165, 1.54) is 11.8 Å². The molecule has 0 bridgehead atoms. The molecule has 0 unspecified atom stereocenters. The number of carboxylic acid groups (broad SMARTS) is 1. The Balaban J connectivity index is 1.60. The molecule has 0 aliphatic heterocycles. The van der Waals surface area contributed by atoms with E-state index < -0.39 is 5.97 Å². The van der Waals surface area contributed by atoms with Crippen molar-refractivity contribution < 1.29 is 15.0 Å². The van der Waals surface area contributed by atoms with Gasteiger partial charge >= 0.3 is 5.97 Å². The summed E-state index contributed by atoms with van der Waals surface area (Å²) in [6.45, 7) is 0.0801. The van der Waals surface area contributed by atoms with Crippen LogP contribution in [0.15, 0.2) is 94.7 Å². The Hall–Kier alpha value is -2.93. The third-order valence-corrected chi connectivity index (χ3v) is 8.10. The molecule has 0 saturated heterocycles. The van der Waals surface area contributed by atoms with Crippen LogP contribution in [0.5, 0.6) is 0 Å². The van der Waals surface area contributed by atoms with E-state index in [0.29, 0.717) is 20.6 Å². The predicted molar refractivity (Wildman–Crippen MR) is 151 cm³/mol. The van der Waals surface area contributed by atoms with Crippen LogP contribution in [0.1, 0.15) is 21.6 Å². The summed E-state index contributed by atoms with van der Waals surface area (Å²) in [7, 11) is 0. The molecular formula is C29H20Cl3NO3S. The summed E-state index contributed by atoms with van der Waals surface area (Å²) < 4.78 is 1.72. The molecule has 0 radical (unpaired) electrons. The Kier molecular flexibility index (Phi) is 7.52. The van der Waals surface area contributed by atoms with Gasteiger partial charge in [-0.2, -0.15) is 0 Å². The number of benzene rings is 4. The third-order valence-electron chi connectivity index (χ3n) is 6.09. The second-order valence-electron chi connectivity index (χ2n) is 8.44. The minimum absolute atomic E-state index is 0.123. The van der Waals surface area contributed by atoms with Gasteiger partial charge in [0.15, 0.2) is 0 Å². The highest BCUT2D eigenvalue weighted by Crippen LogP contribution is 2.41. The van der Waals surface area contributed by atoms with E-state index in [1.807, 2.05) is 54.6 Å². The average molecular weight is 569 g/mol. The number of carboxylic acids is 1. The van der Waals surface area contributed by atoms with Crippen molar-refractivity contribution in [2.24, 2.45) is 0 Å². The number of nitrogens with zero attached hydrogens (tertiary/aromatic N) is 1. The Morgan fingerprint density at radius 2 is 1.57 bits per heavy atom. The van der Waals surface area contributed by atoms with Crippen LogP contribution in [-0.4, -0.2) is 20.7 Å². The topological polar surface area (TPSA) is 62.5 Å². The molecule has 0 saturated carbocycles. The molecule has 0 spiro atoms. The lowest BCUT2D eigenvalue weighted by Crippen LogP contribution is -2.11. The van der Waals surface area contributed by atoms with Crippen LogP contribution in [0.2, 0.25) is 15.1 Å². The summed E-state index contributed by atoms with van der Waals surface area (Å²) in [4.78, 5) is 13.8. The molecule has 8 heteroatoms. The number of rotatable bonds is 7. The molecule has 0 aliphatic rings. The van der Waals surface area contributed by atoms with Gasteiger partial charge in [0.25, 0.3) is 0 Å². The number of aliphatic hydroxyl groups is 1. The van der Waals surface area contributed by atoms with Crippen molar-refractivity contribution in [3.63, 3.8) is 0 Å². The largest absolute Gasteiger partial charge is 0.477 e. The molecule has 0 aliphatic carbocycles. The third kappa shape index (κ3) is 5.37. The molecular weight excluding hydrogens is 549 g/mol. The number of halogens is 3. The fraction of sp³-hybridized carbons (Fsp3) is 0.0690. The molecule has 186 valence electrons. The molecule has 1 aromatic heterocycles. The van der Waals surface area contributed by atoms with E-state index >= 15 is 0 Å². The van der Waals surface area contributed by atoms with Crippen molar-refractivity contribution in [1.82, 2.24) is 4.57 Å². The van der Waals surface area contributed by atoms with Crippen LogP contribution in [0.3, 0.4) is 0 Å². The van der Waals surface area contributed by atoms with E-state index in [4.69, 9.17) is 34.8 Å². The number of hydrogen-bond acceptors (Lipinski definition) is 3. The molecule has 37 heavy (non-hydrogen) atoms. The van der Waals surface area contributed by atoms with Crippen molar-refractivity contribution in [3.8, 4) is 11.1 Å². The van der Waals surface area contributed by atoms with Crippen LogP contribution in [0.25, 0.3) is 22.0 Å². The highest BCUT2D eigenvalue weighted by atomic mass is 35.5. The zero-order valence-electron chi connectivity index (χ0n) is 19.3. The Labute approximate surface area is 233 Å². The molecule has 5 aromatic rings. The summed E-state index contributed by atoms with van der Waals surface area (Å²) in [6, 6.07) is 26.2. The summed E-state index contributed by atoms with van der Waals surface area (Å²) in [5.74, 6) is -1.06. The lowest BCUT2D eigenvalue weighted by atomic mass is 9.99. The van der Waals surface area contributed by atoms with Gasteiger partial charge in [0, 0.05) is 31.8 Å². The van der Waals surface area contributed by atoms with Crippen molar-refractivity contribution in [1.29, 1.82) is 0 Å². The normalized spacial score (nSPS) is 11.2. The number of hydrogen-bond donors (Lipinski definition) is 2. The summed E-state index contributed by atoms with van der Waals surface area (Å²) in [6.07, 6.45) is 0. The standard InChI is InChI=1S/C29H20Cl3NO3S/c30-21-8-9-27(24(32)11-21)37-28-13-22(31)12-25-23(28)14-26(29(35)36)33(25)15-19-7-6-18(10-20(19)16-34)17-4-2-1-3-5-17/h1-14,34H,15-16H2,(H,35,36). The van der Waals surface area contributed by atoms with Crippen molar-refractivity contribution in [2.45, 2.75) is 22.9 Å². The zero-order valence-corrected chi connectivity index (χ0v) is 22.4. The Bertz CT molecular complexity index is 1630. The maximum absolute atomic E-state index is 12.3. The first-order chi connectivity index (χ1) is 17.8. The number of aromatic carboxylic acids is 1. The van der Waals surface area contributed by atoms with E-state index in [2.05, 4.69) is 0 Å². The Morgan fingerprint density at radius 3 is 2.27 bits per heavy atom. The lowest BCUT2D eigenvalue weighted by Gasteiger charge is -2.14. The fourth-order valence-electron chi connectivity index (χ4n) is 4.31. The molecule has 4 aromatic carbocycles. The Morgan fingerprint density at radius 1 is 0.784 bits per heavy atom. The maximum atomic E-state index is 12.3. The fourth-order valence-corrected chi connectivity index (χ4v) is 6.10. The first-order valence-electron chi connectivity index (χ1n) is 11.3. The second-order valence-corrected chi connectivity index (χ2v) is 10.8. The maximum Gasteiger partial charge on any atom is 0.352 e. The van der Waals surface area contributed by atoms with Crippen LogP contribution in [-0.2, 0) is 13.2 Å². The van der Waals surface area contributed by atoms with Gasteiger partial charge in [0.05, 0.1) is 17.1 Å². The average Bonchev–Trinajstić information content (AvgIpc) is 3.25. The highest BCUT2D eigenvalue weighted by Gasteiger charge is 2.20. The van der Waals surface area contributed by atoms with Gasteiger partial charge in [-0.1, -0.05) is 89.0 Å². The minimum atomic E-state index is -1.06. The number of fused-ring (bicyclic) bond motifs is 1. The van der Waals surface area contributed by atoms with Gasteiger partial charge < -0.3 is 14.8 Å². The van der Waals surface area contributed by atoms with E-state index in [-0.39, 0.29) is 18.8 Å². The minimum Gasteiger partial charge on any atom is -0.477 e. The highest BCUT2D eigenvalue weighted by molar-refractivity contribution is 7.99.